The van der Waals surface area contributed by atoms with E-state index in [4.69, 9.17) is 0 Å². The third-order valence-corrected chi connectivity index (χ3v) is 3.62. The van der Waals surface area contributed by atoms with Crippen LogP contribution in [0, 0.1) is 0 Å². The van der Waals surface area contributed by atoms with Crippen molar-refractivity contribution >= 4 is 16.8 Å². The second-order valence-electron chi connectivity index (χ2n) is 5.33. The van der Waals surface area contributed by atoms with Crippen LogP contribution in [-0.4, -0.2) is 22.1 Å². The monoisotopic (exact) mass is 347 g/mol. The Bertz CT molecular complexity index is 968. The summed E-state index contributed by atoms with van der Waals surface area (Å²) >= 11 is 0. The van der Waals surface area contributed by atoms with Crippen molar-refractivity contribution < 1.29 is 18.0 Å². The van der Waals surface area contributed by atoms with Gasteiger partial charge in [0.05, 0.1) is 5.56 Å². The molecule has 0 aliphatic rings. The van der Waals surface area contributed by atoms with E-state index in [0.717, 1.165) is 12.3 Å². The smallest absolute Gasteiger partial charge is 0.337 e. The van der Waals surface area contributed by atoms with Gasteiger partial charge in [-0.15, -0.1) is 0 Å². The van der Waals surface area contributed by atoms with Crippen LogP contribution in [0.3, 0.4) is 0 Å². The zero-order valence-electron chi connectivity index (χ0n) is 12.7. The molecule has 0 bridgehead atoms. The molecule has 2 aromatic heterocycles. The van der Waals surface area contributed by atoms with Gasteiger partial charge < -0.3 is 10.3 Å². The van der Waals surface area contributed by atoms with Gasteiger partial charge in [-0.25, -0.2) is 0 Å². The van der Waals surface area contributed by atoms with Crippen molar-refractivity contribution in [1.82, 2.24) is 15.3 Å². The number of hydrogen-bond donors (Lipinski definition) is 2. The van der Waals surface area contributed by atoms with Crippen LogP contribution in [0.1, 0.15) is 22.0 Å². The van der Waals surface area contributed by atoms with Gasteiger partial charge in [0.15, 0.2) is 6.04 Å². The number of alkyl halides is 3. The van der Waals surface area contributed by atoms with Crippen molar-refractivity contribution in [3.63, 3.8) is 0 Å². The number of para-hydroxylation sites is 1. The molecule has 128 valence electrons. The molecule has 1 amide bonds. The first-order valence-corrected chi connectivity index (χ1v) is 7.26. The SMILES string of the molecule is O=C(N[C@H](c1cccnc1)C(F)(F)F)c1cc(=O)[nH]c2ccccc12. The van der Waals surface area contributed by atoms with Gasteiger partial charge in [-0.05, 0) is 12.1 Å². The van der Waals surface area contributed by atoms with Gasteiger partial charge in [0.2, 0.25) is 5.56 Å². The van der Waals surface area contributed by atoms with Gasteiger partial charge in [0.25, 0.3) is 5.91 Å². The molecule has 3 aromatic rings. The number of halogens is 3. The Morgan fingerprint density at radius 3 is 2.60 bits per heavy atom. The van der Waals surface area contributed by atoms with Crippen molar-refractivity contribution in [2.24, 2.45) is 0 Å². The van der Waals surface area contributed by atoms with E-state index in [2.05, 4.69) is 9.97 Å². The Kier molecular flexibility index (Phi) is 4.26. The highest BCUT2D eigenvalue weighted by atomic mass is 19.4. The first-order chi connectivity index (χ1) is 11.9. The van der Waals surface area contributed by atoms with Gasteiger partial charge in [-0.1, -0.05) is 24.3 Å². The Morgan fingerprint density at radius 2 is 1.92 bits per heavy atom. The lowest BCUT2D eigenvalue weighted by atomic mass is 10.1. The van der Waals surface area contributed by atoms with Gasteiger partial charge in [-0.3, -0.25) is 14.6 Å². The molecule has 0 saturated carbocycles. The van der Waals surface area contributed by atoms with Crippen molar-refractivity contribution in [2.45, 2.75) is 12.2 Å². The molecule has 25 heavy (non-hydrogen) atoms. The topological polar surface area (TPSA) is 74.8 Å². The molecule has 0 spiro atoms. The van der Waals surface area contributed by atoms with Crippen LogP contribution in [0.2, 0.25) is 0 Å². The molecule has 8 heteroatoms. The van der Waals surface area contributed by atoms with Crippen LogP contribution >= 0.6 is 0 Å². The van der Waals surface area contributed by atoms with Crippen LogP contribution in [0.15, 0.2) is 59.7 Å². The molecular weight excluding hydrogens is 335 g/mol. The standard InChI is InChI=1S/C17H12F3N3O2/c18-17(19,20)15(10-4-3-7-21-9-10)23-16(25)12-8-14(24)22-13-6-2-1-5-11(12)13/h1-9,15H,(H,22,24)(H,23,25)/t15-/m1/s1. The minimum atomic E-state index is -4.71. The number of carbonyl (C=O) groups excluding carboxylic acids is 1. The van der Waals surface area contributed by atoms with Gasteiger partial charge in [-0.2, -0.15) is 13.2 Å². The fraction of sp³-hybridized carbons (Fsp3) is 0.118. The van der Waals surface area contributed by atoms with Crippen LogP contribution in [0.4, 0.5) is 13.2 Å². The first-order valence-electron chi connectivity index (χ1n) is 7.26. The lowest BCUT2D eigenvalue weighted by molar-refractivity contribution is -0.155. The molecule has 0 radical (unpaired) electrons. The Morgan fingerprint density at radius 1 is 1.16 bits per heavy atom. The average Bonchev–Trinajstić information content (AvgIpc) is 2.58. The lowest BCUT2D eigenvalue weighted by Crippen LogP contribution is -2.38. The summed E-state index contributed by atoms with van der Waals surface area (Å²) in [6.07, 6.45) is -2.34. The number of rotatable bonds is 3. The number of carbonyl (C=O) groups is 1. The second-order valence-corrected chi connectivity index (χ2v) is 5.33. The number of benzene rings is 1. The molecule has 0 saturated heterocycles. The summed E-state index contributed by atoms with van der Waals surface area (Å²) in [5.41, 5.74) is -0.533. The highest BCUT2D eigenvalue weighted by molar-refractivity contribution is 6.06. The number of aromatic nitrogens is 2. The van der Waals surface area contributed by atoms with E-state index in [1.165, 1.54) is 18.3 Å². The fourth-order valence-corrected chi connectivity index (χ4v) is 2.50. The predicted octanol–water partition coefficient (Wildman–Crippen LogP) is 2.96. The molecule has 2 heterocycles. The summed E-state index contributed by atoms with van der Waals surface area (Å²) in [7, 11) is 0. The third kappa shape index (κ3) is 3.52. The number of nitrogens with zero attached hydrogens (tertiary/aromatic N) is 1. The van der Waals surface area contributed by atoms with Crippen LogP contribution in [0.5, 0.6) is 0 Å². The number of amides is 1. The molecule has 1 aromatic carbocycles. The molecule has 2 N–H and O–H groups in total. The first kappa shape index (κ1) is 16.7. The summed E-state index contributed by atoms with van der Waals surface area (Å²) in [6, 6.07) is 7.71. The number of aromatic amines is 1. The minimum Gasteiger partial charge on any atom is -0.337 e. The molecule has 0 unspecified atom stereocenters. The quantitative estimate of drug-likeness (QED) is 0.765. The number of nitrogens with one attached hydrogen (secondary N) is 2. The maximum atomic E-state index is 13.4. The summed E-state index contributed by atoms with van der Waals surface area (Å²) in [4.78, 5) is 30.3. The van der Waals surface area contributed by atoms with Crippen LogP contribution in [-0.2, 0) is 0 Å². The molecule has 5 nitrogen and oxygen atoms in total. The molecule has 3 rings (SSSR count). The Balaban J connectivity index is 2.02. The molecular formula is C17H12F3N3O2. The molecule has 1 atom stereocenters. The van der Waals surface area contributed by atoms with E-state index >= 15 is 0 Å². The number of pyridine rings is 2. The minimum absolute atomic E-state index is 0.127. The normalized spacial score (nSPS) is 12.8. The Labute approximate surface area is 139 Å². The van der Waals surface area contributed by atoms with E-state index in [0.29, 0.717) is 10.9 Å². The molecule has 0 aliphatic heterocycles. The van der Waals surface area contributed by atoms with Gasteiger partial charge in [0, 0.05) is 34.9 Å². The third-order valence-electron chi connectivity index (χ3n) is 3.62. The largest absolute Gasteiger partial charge is 0.412 e. The molecule has 0 fully saturated rings. The highest BCUT2D eigenvalue weighted by Crippen LogP contribution is 2.32. The van der Waals surface area contributed by atoms with Crippen molar-refractivity contribution in [3.05, 3.63) is 76.3 Å². The second kappa shape index (κ2) is 6.39. The lowest BCUT2D eigenvalue weighted by Gasteiger charge is -2.22. The zero-order valence-corrected chi connectivity index (χ0v) is 12.7. The zero-order chi connectivity index (χ0) is 18.0. The van der Waals surface area contributed by atoms with E-state index in [1.54, 1.807) is 24.3 Å². The summed E-state index contributed by atoms with van der Waals surface area (Å²) < 4.78 is 40.1. The van der Waals surface area contributed by atoms with E-state index < -0.39 is 23.7 Å². The Hall–Kier alpha value is -3.16. The fourth-order valence-electron chi connectivity index (χ4n) is 2.50. The van der Waals surface area contributed by atoms with Crippen molar-refractivity contribution in [3.8, 4) is 0 Å². The van der Waals surface area contributed by atoms with Crippen molar-refractivity contribution in [1.29, 1.82) is 0 Å². The number of fused-ring (bicyclic) bond motifs is 1. The van der Waals surface area contributed by atoms with E-state index in [-0.39, 0.29) is 11.1 Å². The predicted molar refractivity (Wildman–Crippen MR) is 85.1 cm³/mol. The maximum absolute atomic E-state index is 13.4. The van der Waals surface area contributed by atoms with Gasteiger partial charge in [0.1, 0.15) is 0 Å². The number of hydrogen-bond acceptors (Lipinski definition) is 3. The number of H-pyrrole nitrogens is 1. The van der Waals surface area contributed by atoms with E-state index in [9.17, 15) is 22.8 Å². The maximum Gasteiger partial charge on any atom is 0.412 e. The highest BCUT2D eigenvalue weighted by Gasteiger charge is 2.42. The summed E-state index contributed by atoms with van der Waals surface area (Å²) in [5.74, 6) is -0.992. The molecule has 0 aliphatic carbocycles. The van der Waals surface area contributed by atoms with Gasteiger partial charge >= 0.3 is 6.18 Å². The summed E-state index contributed by atoms with van der Waals surface area (Å²) in [6.45, 7) is 0. The van der Waals surface area contributed by atoms with Crippen LogP contribution in [0.25, 0.3) is 10.9 Å². The average molecular weight is 347 g/mol. The van der Waals surface area contributed by atoms with Crippen LogP contribution < -0.4 is 10.9 Å². The van der Waals surface area contributed by atoms with Crippen molar-refractivity contribution in [2.75, 3.05) is 0 Å². The van der Waals surface area contributed by atoms with E-state index in [1.807, 2.05) is 5.32 Å². The summed E-state index contributed by atoms with van der Waals surface area (Å²) in [5, 5.41) is 2.31.